The van der Waals surface area contributed by atoms with Gasteiger partial charge in [-0.3, -0.25) is 9.97 Å². The monoisotopic (exact) mass is 2110 g/mol. The first-order valence-electron chi connectivity index (χ1n) is 38.2. The van der Waals surface area contributed by atoms with Crippen molar-refractivity contribution in [2.75, 3.05) is 0 Å². The first kappa shape index (κ1) is 90.0. The van der Waals surface area contributed by atoms with Crippen LogP contribution in [0.3, 0.4) is 0 Å². The maximum atomic E-state index is 5.07. The summed E-state index contributed by atoms with van der Waals surface area (Å²) in [4.78, 5) is 27.5. The molecule has 114 heavy (non-hydrogen) atoms. The summed E-state index contributed by atoms with van der Waals surface area (Å²) in [7, 11) is 0.803. The molecule has 0 bridgehead atoms. The predicted octanol–water partition coefficient (Wildman–Crippen LogP) is 24.6. The number of rotatable bonds is 13. The largest absolute Gasteiger partial charge is 0.367 e. The van der Waals surface area contributed by atoms with E-state index in [-0.39, 0.29) is 60.3 Å². The molecule has 16 rings (SSSR count). The van der Waals surface area contributed by atoms with Crippen LogP contribution in [0.1, 0.15) is 82.6 Å². The van der Waals surface area contributed by atoms with Crippen LogP contribution in [0.5, 0.6) is 0 Å². The maximum absolute atomic E-state index is 5.07. The van der Waals surface area contributed by atoms with Crippen LogP contribution in [0.15, 0.2) is 310 Å². The molecule has 0 saturated heterocycles. The van der Waals surface area contributed by atoms with Crippen molar-refractivity contribution in [1.29, 1.82) is 0 Å². The smallest absolute Gasteiger partial charge is 0.0795 e. The molecule has 0 aliphatic carbocycles. The van der Waals surface area contributed by atoms with E-state index in [1.165, 1.54) is 48.7 Å². The van der Waals surface area contributed by atoms with Gasteiger partial charge in [0.05, 0.1) is 41.8 Å². The standard InChI is InChI=1S/C31H29N2.C19H26GeN.C14H11N2.C14H16NSi.C12H10N.C11H8N.3Ir/c1-21(2)26-19-25(23-13-7-5-8-14-23)20-27(22(3)4)30(26)33-29-18-12-11-17-28(29)32-31(33)24-15-9-6-10-16-24;1-19(2,3)13-16-12-18(15-10-8-7-9-11-15)21-14-17(16)20(4,5)6;1-16-13-10-6-5-9-12(13)15-14(16)11-7-3-2-4-8-11;1-16(2,3)13-9-10-14(15-11-13)12-7-5-4-6-8-12;1-10-7-8-12(13-9-10)11-5-3-2-4-6-11;1-2-6-10(7-3-1)11-8-4-5-9-12-11;;;/h5-15,17-22H,1-4H3;7-10,12,14H,13H2,1-6H3;2-7,9-10H,1H3;4-7,9-11H,1-3H3;2-5,7-9H,1H3;1-6,8-9H;;;/q6*-1;;;. The van der Waals surface area contributed by atoms with Gasteiger partial charge in [-0.1, -0.05) is 138 Å². The van der Waals surface area contributed by atoms with Gasteiger partial charge < -0.3 is 24.1 Å². The molecule has 6 aromatic heterocycles. The molecule has 0 atom stereocenters. The minimum atomic E-state index is -1.90. The third-order valence-electron chi connectivity index (χ3n) is 18.7. The van der Waals surface area contributed by atoms with Crippen molar-refractivity contribution >= 4 is 53.0 Å². The number of benzene rings is 10. The molecule has 585 valence electrons. The van der Waals surface area contributed by atoms with Crippen LogP contribution >= 0.6 is 0 Å². The van der Waals surface area contributed by atoms with E-state index in [1.54, 1.807) is 6.20 Å². The second kappa shape index (κ2) is 42.7. The van der Waals surface area contributed by atoms with E-state index in [4.69, 9.17) is 9.97 Å². The molecular weight excluding hydrogens is 2000 g/mol. The summed E-state index contributed by atoms with van der Waals surface area (Å²) in [5.41, 5.74) is 24.0. The molecule has 0 saturated carbocycles. The summed E-state index contributed by atoms with van der Waals surface area (Å²) in [6, 6.07) is 116. The van der Waals surface area contributed by atoms with E-state index in [0.29, 0.717) is 17.3 Å². The van der Waals surface area contributed by atoms with E-state index in [9.17, 15) is 0 Å². The van der Waals surface area contributed by atoms with Crippen LogP contribution in [0, 0.1) is 48.7 Å². The Morgan fingerprint density at radius 2 is 0.816 bits per heavy atom. The van der Waals surface area contributed by atoms with Crippen LogP contribution < -0.4 is 9.58 Å². The topological polar surface area (TPSA) is 87.2 Å². The Kier molecular flexibility index (Phi) is 33.7. The molecule has 10 aromatic carbocycles. The Labute approximate surface area is 722 Å². The molecule has 0 amide bonds. The van der Waals surface area contributed by atoms with E-state index in [2.05, 4.69) is 272 Å². The number of fused-ring (bicyclic) bond motifs is 2. The number of para-hydroxylation sites is 4. The predicted molar refractivity (Wildman–Crippen MR) is 472 cm³/mol. The van der Waals surface area contributed by atoms with Gasteiger partial charge in [0.25, 0.3) is 0 Å². The number of hydrogen-bond acceptors (Lipinski definition) is 6. The molecule has 8 nitrogen and oxygen atoms in total. The Bertz CT molecular complexity index is 5480. The van der Waals surface area contributed by atoms with Crippen LogP contribution in [-0.2, 0) is 73.8 Å². The Morgan fingerprint density at radius 1 is 0.404 bits per heavy atom. The average molecular weight is 2100 g/mol. The molecule has 16 aromatic rings. The van der Waals surface area contributed by atoms with Crippen LogP contribution in [0.4, 0.5) is 0 Å². The van der Waals surface area contributed by atoms with Gasteiger partial charge in [0.15, 0.2) is 0 Å². The van der Waals surface area contributed by atoms with E-state index >= 15 is 0 Å². The number of imidazole rings is 2. The number of pyridine rings is 4. The zero-order chi connectivity index (χ0) is 78.5. The first-order valence-corrected chi connectivity index (χ1v) is 49.1. The van der Waals surface area contributed by atoms with Crippen molar-refractivity contribution < 1.29 is 60.3 Å². The summed E-state index contributed by atoms with van der Waals surface area (Å²) in [5, 5.41) is 1.40. The Morgan fingerprint density at radius 3 is 1.24 bits per heavy atom. The molecule has 0 aliphatic heterocycles. The molecule has 0 aliphatic rings. The van der Waals surface area contributed by atoms with Crippen molar-refractivity contribution in [3.05, 3.63) is 369 Å². The Balaban J connectivity index is 0.000000177. The summed E-state index contributed by atoms with van der Waals surface area (Å²) in [5.74, 6) is 9.94. The Hall–Kier alpha value is -9.55. The summed E-state index contributed by atoms with van der Waals surface area (Å²) < 4.78 is 5.99. The zero-order valence-electron chi connectivity index (χ0n) is 67.9. The van der Waals surface area contributed by atoms with Crippen LogP contribution in [-0.4, -0.2) is 60.4 Å². The molecular formula is C101H100GeIr3N8Si-6. The molecule has 0 unspecified atom stereocenters. The third-order valence-corrected chi connectivity index (χ3v) is 25.0. The number of nitrogens with zero attached hydrogens (tertiary/aromatic N) is 8. The van der Waals surface area contributed by atoms with Crippen molar-refractivity contribution in [3.8, 4) is 84.6 Å². The fraction of sp³-hybridized carbons (Fsp3) is 0.188. The van der Waals surface area contributed by atoms with E-state index in [0.717, 1.165) is 96.3 Å². The molecule has 0 N–H and O–H groups in total. The SMILES string of the molecule is CC(C)(C)Cc1cc(-c2[c-]cccc2)nc[c]1[Ge]([CH3])([CH3])[CH3].CC(C)c1cc(-c2ccccc2)cc(C(C)C)c1-n1c(-c2[c-]cccc2)nc2ccccc21.C[Si](C)(C)c1ccc(-c2[c-]cccc2)nc1.Cc1ccc(-c2[c-]cccc2)nc1.Cn1c(-c2[c-]cccc2)nc2ccccc21.[Ir].[Ir].[Ir].[c-]1ccccc1-c1ccccn1. The van der Waals surface area contributed by atoms with Gasteiger partial charge in [-0.2, -0.15) is 0 Å². The van der Waals surface area contributed by atoms with Gasteiger partial charge in [0.1, 0.15) is 0 Å². The van der Waals surface area contributed by atoms with Gasteiger partial charge in [-0.25, -0.2) is 0 Å². The minimum Gasteiger partial charge on any atom is -0.367 e. The van der Waals surface area contributed by atoms with Gasteiger partial charge >= 0.3 is 132 Å². The molecule has 0 spiro atoms. The van der Waals surface area contributed by atoms with Crippen molar-refractivity contribution in [2.45, 2.75) is 111 Å². The first-order chi connectivity index (χ1) is 53.5. The van der Waals surface area contributed by atoms with Gasteiger partial charge in [-0.05, 0) is 111 Å². The third kappa shape index (κ3) is 24.7. The van der Waals surface area contributed by atoms with Gasteiger partial charge in [-0.15, -0.1) is 179 Å². The zero-order valence-corrected chi connectivity index (χ0v) is 78.2. The van der Waals surface area contributed by atoms with E-state index in [1.807, 2.05) is 196 Å². The number of aryl methyl sites for hydroxylation is 2. The minimum absolute atomic E-state index is 0. The van der Waals surface area contributed by atoms with Crippen LogP contribution in [0.2, 0.25) is 36.9 Å². The second-order valence-corrected chi connectivity index (χ2v) is 47.1. The number of hydrogen-bond donors (Lipinski definition) is 0. The second-order valence-electron chi connectivity index (χ2n) is 31.4. The van der Waals surface area contributed by atoms with Crippen LogP contribution in [0.25, 0.3) is 107 Å². The fourth-order valence-electron chi connectivity index (χ4n) is 12.9. The molecule has 0 fully saturated rings. The number of aromatic nitrogens is 8. The fourth-order valence-corrected chi connectivity index (χ4v) is 17.2. The molecule has 13 heteroatoms. The maximum Gasteiger partial charge on any atom is 0.0795 e. The van der Waals surface area contributed by atoms with Gasteiger partial charge in [0, 0.05) is 91.6 Å². The normalized spacial score (nSPS) is 10.9. The molecule has 3 radical (unpaired) electrons. The molecule has 6 heterocycles. The van der Waals surface area contributed by atoms with Gasteiger partial charge in [0.2, 0.25) is 0 Å². The summed E-state index contributed by atoms with van der Waals surface area (Å²) >= 11 is -1.90. The quantitative estimate of drug-likeness (QED) is 0.0844. The average Bonchev–Trinajstić information content (AvgIpc) is 1.59. The van der Waals surface area contributed by atoms with E-state index < -0.39 is 21.3 Å². The summed E-state index contributed by atoms with van der Waals surface area (Å²) in [6.07, 6.45) is 8.92. The van der Waals surface area contributed by atoms with Crippen molar-refractivity contribution in [1.82, 2.24) is 39.0 Å². The van der Waals surface area contributed by atoms with Crippen molar-refractivity contribution in [3.63, 3.8) is 0 Å². The summed E-state index contributed by atoms with van der Waals surface area (Å²) in [6.45, 7) is 25.1. The van der Waals surface area contributed by atoms with Crippen molar-refractivity contribution in [2.24, 2.45) is 12.5 Å².